The van der Waals surface area contributed by atoms with Gasteiger partial charge in [-0.3, -0.25) is 0 Å². The van der Waals surface area contributed by atoms with Gasteiger partial charge >= 0.3 is 54.6 Å². The fourth-order valence-electron chi connectivity index (χ4n) is 1.31. The molecule has 0 saturated heterocycles. The molecule has 2 rings (SSSR count). The molecule has 1 nitrogen and oxygen atoms in total. The molecule has 0 saturated carbocycles. The average molecular weight is 117 g/mol. The molecule has 0 aromatic carbocycles. The van der Waals surface area contributed by atoms with Crippen molar-refractivity contribution >= 4 is 7.07 Å². The fourth-order valence-corrected chi connectivity index (χ4v) is 1.31. The van der Waals surface area contributed by atoms with Gasteiger partial charge in [0.05, 0.1) is 0 Å². The zero-order valence-electron chi connectivity index (χ0n) is 5.25. The molecular weight excluding hydrogens is 109 g/mol. The molecule has 44 valence electrons. The van der Waals surface area contributed by atoms with Crippen molar-refractivity contribution in [1.29, 1.82) is 0 Å². The summed E-state index contributed by atoms with van der Waals surface area (Å²) in [5.74, 6) is 2.13. The number of hydrogen-bond acceptors (Lipinski definition) is 1. The van der Waals surface area contributed by atoms with Crippen LogP contribution in [0.1, 0.15) is 12.8 Å². The van der Waals surface area contributed by atoms with Crippen LogP contribution >= 0.6 is 0 Å². The van der Waals surface area contributed by atoms with Gasteiger partial charge < -0.3 is 0 Å². The molecule has 1 aliphatic heterocycles. The Morgan fingerprint density at radius 2 is 2.56 bits per heavy atom. The molecule has 0 bridgehead atoms. The Labute approximate surface area is 55.4 Å². The van der Waals surface area contributed by atoms with Crippen LogP contribution in [-0.4, -0.2) is 13.1 Å². The van der Waals surface area contributed by atoms with Crippen molar-refractivity contribution in [2.75, 3.05) is 0 Å². The predicted molar refractivity (Wildman–Crippen MR) is 38.4 cm³/mol. The van der Waals surface area contributed by atoms with Crippen molar-refractivity contribution in [1.82, 2.24) is 0 Å². The predicted octanol–water partition coefficient (Wildman–Crippen LogP) is 1.49. The number of nitrogens with zero attached hydrogens (tertiary/aromatic N) is 1. The van der Waals surface area contributed by atoms with Crippen LogP contribution in [0, 0.1) is 0 Å². The Morgan fingerprint density at radius 3 is 3.44 bits per heavy atom. The van der Waals surface area contributed by atoms with E-state index in [-0.39, 0.29) is 0 Å². The van der Waals surface area contributed by atoms with Crippen molar-refractivity contribution in [3.63, 3.8) is 0 Å². The molecule has 2 heteroatoms. The van der Waals surface area contributed by atoms with Gasteiger partial charge in [0.2, 0.25) is 0 Å². The Bertz CT molecular complexity index is 203. The second-order valence-corrected chi connectivity index (χ2v) is 2.47. The van der Waals surface area contributed by atoms with Crippen molar-refractivity contribution in [2.45, 2.75) is 18.9 Å². The Kier molecular flexibility index (Phi) is 1.11. The number of hydrogen-bond donors (Lipinski definition) is 0. The summed E-state index contributed by atoms with van der Waals surface area (Å²) in [6.07, 6.45) is 6.66. The molecule has 1 heterocycles. The summed E-state index contributed by atoms with van der Waals surface area (Å²) in [5, 5.41) is 0. The van der Waals surface area contributed by atoms with Gasteiger partial charge in [-0.25, -0.2) is 0 Å². The average Bonchev–Trinajstić information content (AvgIpc) is 2.33. The van der Waals surface area contributed by atoms with Gasteiger partial charge in [-0.2, -0.15) is 0 Å². The standard InChI is InChI=1S/C7H8BN/c1-2-4-7-6(3-1)5-8-9-7/h1-2,5,7H,3-4H2. The van der Waals surface area contributed by atoms with Crippen LogP contribution in [0.4, 0.5) is 0 Å². The first-order valence-electron chi connectivity index (χ1n) is 3.34. The van der Waals surface area contributed by atoms with Crippen LogP contribution in [0.15, 0.2) is 28.6 Å². The van der Waals surface area contributed by atoms with Gasteiger partial charge in [0, 0.05) is 0 Å². The van der Waals surface area contributed by atoms with Gasteiger partial charge in [-0.1, -0.05) is 0 Å². The molecule has 0 spiro atoms. The third-order valence-corrected chi connectivity index (χ3v) is 1.86. The Balaban J connectivity index is 2.27. The quantitative estimate of drug-likeness (QED) is 0.336. The maximum absolute atomic E-state index is 4.29. The van der Waals surface area contributed by atoms with E-state index in [9.17, 15) is 0 Å². The first-order valence-corrected chi connectivity index (χ1v) is 3.34. The maximum atomic E-state index is 4.29. The molecule has 9 heavy (non-hydrogen) atoms. The minimum atomic E-state index is 0.509. The molecule has 0 amide bonds. The van der Waals surface area contributed by atoms with Crippen LogP contribution in [0.3, 0.4) is 0 Å². The normalized spacial score (nSPS) is 29.3. The van der Waals surface area contributed by atoms with E-state index >= 15 is 0 Å². The molecule has 0 aromatic heterocycles. The zero-order chi connectivity index (χ0) is 6.10. The molecule has 1 atom stereocenters. The molecule has 1 aliphatic carbocycles. The molecule has 0 fully saturated rings. The van der Waals surface area contributed by atoms with Gasteiger partial charge in [-0.05, 0) is 0 Å². The van der Waals surface area contributed by atoms with E-state index in [1.807, 2.05) is 7.07 Å². The van der Waals surface area contributed by atoms with E-state index in [2.05, 4.69) is 23.0 Å². The van der Waals surface area contributed by atoms with E-state index in [1.54, 1.807) is 0 Å². The van der Waals surface area contributed by atoms with Crippen LogP contribution in [-0.2, 0) is 0 Å². The Hall–Kier alpha value is -0.655. The van der Waals surface area contributed by atoms with E-state index in [0.29, 0.717) is 6.04 Å². The van der Waals surface area contributed by atoms with E-state index in [4.69, 9.17) is 0 Å². The monoisotopic (exact) mass is 117 g/mol. The second kappa shape index (κ2) is 1.94. The molecule has 0 radical (unpaired) electrons. The SMILES string of the molecule is B1=NC2CC=CCC2=C1. The summed E-state index contributed by atoms with van der Waals surface area (Å²) in [5.41, 5.74) is 1.48. The number of allylic oxidation sites excluding steroid dienone is 1. The summed E-state index contributed by atoms with van der Waals surface area (Å²) >= 11 is 0. The van der Waals surface area contributed by atoms with Crippen LogP contribution in [0.25, 0.3) is 0 Å². The van der Waals surface area contributed by atoms with E-state index in [1.165, 1.54) is 5.57 Å². The van der Waals surface area contributed by atoms with E-state index < -0.39 is 0 Å². The van der Waals surface area contributed by atoms with Gasteiger partial charge in [0.1, 0.15) is 0 Å². The summed E-state index contributed by atoms with van der Waals surface area (Å²) in [4.78, 5) is 4.29. The first-order chi connectivity index (χ1) is 4.47. The van der Waals surface area contributed by atoms with Gasteiger partial charge in [0.25, 0.3) is 0 Å². The number of fused-ring (bicyclic) bond motifs is 1. The zero-order valence-corrected chi connectivity index (χ0v) is 5.25. The first kappa shape index (κ1) is 5.16. The van der Waals surface area contributed by atoms with Crippen molar-refractivity contribution in [3.8, 4) is 0 Å². The summed E-state index contributed by atoms with van der Waals surface area (Å²) < 4.78 is 0. The minimum absolute atomic E-state index is 0.509. The molecule has 2 aliphatic rings. The topological polar surface area (TPSA) is 12.4 Å². The molecule has 1 unspecified atom stereocenters. The number of rotatable bonds is 0. The summed E-state index contributed by atoms with van der Waals surface area (Å²) in [6.45, 7) is 0. The van der Waals surface area contributed by atoms with Gasteiger partial charge in [-0.15, -0.1) is 0 Å². The Morgan fingerprint density at radius 1 is 1.56 bits per heavy atom. The van der Waals surface area contributed by atoms with Gasteiger partial charge in [0.15, 0.2) is 0 Å². The van der Waals surface area contributed by atoms with Crippen LogP contribution < -0.4 is 0 Å². The molecule has 0 N–H and O–H groups in total. The third-order valence-electron chi connectivity index (χ3n) is 1.86. The fraction of sp³-hybridized carbons (Fsp3) is 0.429. The summed E-state index contributed by atoms with van der Waals surface area (Å²) in [6, 6.07) is 0.509. The van der Waals surface area contributed by atoms with Crippen molar-refractivity contribution < 1.29 is 0 Å². The molecular formula is C7H8BN. The van der Waals surface area contributed by atoms with Crippen LogP contribution in [0.5, 0.6) is 0 Å². The third kappa shape index (κ3) is 0.785. The second-order valence-electron chi connectivity index (χ2n) is 2.47. The van der Waals surface area contributed by atoms with Crippen molar-refractivity contribution in [3.05, 3.63) is 23.7 Å². The van der Waals surface area contributed by atoms with Crippen molar-refractivity contribution in [2.24, 2.45) is 4.90 Å². The molecule has 0 aromatic rings. The summed E-state index contributed by atoms with van der Waals surface area (Å²) in [7, 11) is 1.92. The van der Waals surface area contributed by atoms with E-state index in [0.717, 1.165) is 12.8 Å². The van der Waals surface area contributed by atoms with Crippen LogP contribution in [0.2, 0.25) is 0 Å².